The minimum atomic E-state index is -0.144. The Hall–Kier alpha value is -2.57. The highest BCUT2D eigenvalue weighted by molar-refractivity contribution is 5.90. The zero-order valence-corrected chi connectivity index (χ0v) is 16.0. The van der Waals surface area contributed by atoms with Crippen LogP contribution in [0.2, 0.25) is 0 Å². The van der Waals surface area contributed by atoms with E-state index in [1.165, 1.54) is 19.3 Å². The van der Waals surface area contributed by atoms with Gasteiger partial charge in [0.15, 0.2) is 0 Å². The minimum absolute atomic E-state index is 0.0493. The molecule has 1 aliphatic carbocycles. The molecular weight excluding hydrogens is 344 g/mol. The molecule has 1 aromatic rings. The van der Waals surface area contributed by atoms with Crippen LogP contribution in [0.5, 0.6) is 0 Å². The molecule has 0 aromatic heterocycles. The lowest BCUT2D eigenvalue weighted by Gasteiger charge is -2.22. The lowest BCUT2D eigenvalue weighted by molar-refractivity contribution is -0.120. The summed E-state index contributed by atoms with van der Waals surface area (Å²) in [7, 11) is 1.60. The van der Waals surface area contributed by atoms with E-state index in [2.05, 4.69) is 21.3 Å². The third-order valence-electron chi connectivity index (χ3n) is 4.69. The van der Waals surface area contributed by atoms with Crippen LogP contribution in [0.25, 0.3) is 0 Å². The number of hydrogen-bond donors (Lipinski definition) is 4. The summed E-state index contributed by atoms with van der Waals surface area (Å²) in [5, 5.41) is 11.2. The first-order chi connectivity index (χ1) is 13.1. The van der Waals surface area contributed by atoms with Crippen molar-refractivity contribution in [2.75, 3.05) is 18.9 Å². The molecule has 0 spiro atoms. The maximum atomic E-state index is 12.0. The molecular formula is C20H30N4O3. The number of amides is 4. The first-order valence-electron chi connectivity index (χ1n) is 9.70. The van der Waals surface area contributed by atoms with Crippen LogP contribution < -0.4 is 21.3 Å². The Kier molecular flexibility index (Phi) is 8.61. The van der Waals surface area contributed by atoms with Crippen LogP contribution in [0.1, 0.15) is 50.5 Å². The van der Waals surface area contributed by atoms with Gasteiger partial charge in [-0.15, -0.1) is 0 Å². The molecule has 0 heterocycles. The molecule has 0 atom stereocenters. The number of benzene rings is 1. The molecule has 2 rings (SSSR count). The Bertz CT molecular complexity index is 625. The molecule has 1 saturated carbocycles. The van der Waals surface area contributed by atoms with Gasteiger partial charge in [-0.3, -0.25) is 9.59 Å². The van der Waals surface area contributed by atoms with Crippen LogP contribution in [0.3, 0.4) is 0 Å². The fourth-order valence-corrected chi connectivity index (χ4v) is 3.14. The van der Waals surface area contributed by atoms with Gasteiger partial charge in [-0.1, -0.05) is 31.4 Å². The molecule has 0 aliphatic heterocycles. The second-order valence-electron chi connectivity index (χ2n) is 6.93. The van der Waals surface area contributed by atoms with E-state index in [1.54, 1.807) is 19.2 Å². The van der Waals surface area contributed by atoms with E-state index >= 15 is 0 Å². The fraction of sp³-hybridized carbons (Fsp3) is 0.550. The van der Waals surface area contributed by atoms with E-state index < -0.39 is 0 Å². The average Bonchev–Trinajstić information content (AvgIpc) is 2.67. The van der Waals surface area contributed by atoms with Crippen molar-refractivity contribution in [3.63, 3.8) is 0 Å². The van der Waals surface area contributed by atoms with Crippen molar-refractivity contribution in [2.45, 2.75) is 57.4 Å². The van der Waals surface area contributed by atoms with Gasteiger partial charge < -0.3 is 21.3 Å². The SMILES string of the molecule is CNC(=O)Cc1ccc(NC(=O)CCCNC(=O)NC2CCCCC2)cc1. The highest BCUT2D eigenvalue weighted by Crippen LogP contribution is 2.17. The lowest BCUT2D eigenvalue weighted by Crippen LogP contribution is -2.43. The third-order valence-corrected chi connectivity index (χ3v) is 4.69. The Morgan fingerprint density at radius 1 is 1.00 bits per heavy atom. The Balaban J connectivity index is 1.60. The third kappa shape index (κ3) is 8.11. The standard InChI is InChI=1S/C20H30N4O3/c1-21-19(26)14-15-9-11-17(12-10-15)23-18(25)8-5-13-22-20(27)24-16-6-3-2-4-7-16/h9-12,16H,2-8,13-14H2,1H3,(H,21,26)(H,23,25)(H2,22,24,27). The van der Waals surface area contributed by atoms with E-state index in [9.17, 15) is 14.4 Å². The van der Waals surface area contributed by atoms with Crippen LogP contribution in [0.15, 0.2) is 24.3 Å². The van der Waals surface area contributed by atoms with Crippen molar-refractivity contribution >= 4 is 23.5 Å². The van der Waals surface area contributed by atoms with E-state index in [0.717, 1.165) is 18.4 Å². The molecule has 4 N–H and O–H groups in total. The zero-order valence-electron chi connectivity index (χ0n) is 16.0. The molecule has 0 bridgehead atoms. The fourth-order valence-electron chi connectivity index (χ4n) is 3.14. The number of urea groups is 1. The molecule has 0 unspecified atom stereocenters. The molecule has 7 heteroatoms. The second-order valence-corrected chi connectivity index (χ2v) is 6.93. The van der Waals surface area contributed by atoms with E-state index in [4.69, 9.17) is 0 Å². The Morgan fingerprint density at radius 3 is 2.37 bits per heavy atom. The van der Waals surface area contributed by atoms with Gasteiger partial charge in [-0.25, -0.2) is 4.79 Å². The normalized spacial score (nSPS) is 14.3. The van der Waals surface area contributed by atoms with Gasteiger partial charge in [0.25, 0.3) is 0 Å². The van der Waals surface area contributed by atoms with Crippen LogP contribution in [0.4, 0.5) is 10.5 Å². The summed E-state index contributed by atoms with van der Waals surface area (Å²) in [4.78, 5) is 35.1. The average molecular weight is 374 g/mol. The highest BCUT2D eigenvalue weighted by atomic mass is 16.2. The molecule has 1 aromatic carbocycles. The van der Waals surface area contributed by atoms with Gasteiger partial charge in [0.1, 0.15) is 0 Å². The van der Waals surface area contributed by atoms with Crippen LogP contribution in [-0.2, 0) is 16.0 Å². The maximum Gasteiger partial charge on any atom is 0.315 e. The first-order valence-corrected chi connectivity index (χ1v) is 9.70. The van der Waals surface area contributed by atoms with Gasteiger partial charge >= 0.3 is 6.03 Å². The maximum absolute atomic E-state index is 12.0. The largest absolute Gasteiger partial charge is 0.359 e. The van der Waals surface area contributed by atoms with Crippen molar-refractivity contribution < 1.29 is 14.4 Å². The van der Waals surface area contributed by atoms with Gasteiger partial charge in [0, 0.05) is 31.7 Å². The predicted octanol–water partition coefficient (Wildman–Crippen LogP) is 2.33. The molecule has 7 nitrogen and oxygen atoms in total. The topological polar surface area (TPSA) is 99.3 Å². The van der Waals surface area contributed by atoms with Gasteiger partial charge in [-0.2, -0.15) is 0 Å². The van der Waals surface area contributed by atoms with Gasteiger partial charge in [0.05, 0.1) is 6.42 Å². The van der Waals surface area contributed by atoms with Crippen LogP contribution >= 0.6 is 0 Å². The summed E-state index contributed by atoms with van der Waals surface area (Å²) in [5.74, 6) is -0.143. The molecule has 0 radical (unpaired) electrons. The molecule has 1 fully saturated rings. The number of anilines is 1. The summed E-state index contributed by atoms with van der Waals surface area (Å²) in [6.07, 6.45) is 6.96. The zero-order chi connectivity index (χ0) is 19.5. The van der Waals surface area contributed by atoms with E-state index in [0.29, 0.717) is 31.5 Å². The lowest BCUT2D eigenvalue weighted by atomic mass is 9.96. The van der Waals surface area contributed by atoms with Crippen molar-refractivity contribution in [2.24, 2.45) is 0 Å². The summed E-state index contributed by atoms with van der Waals surface area (Å²) in [5.41, 5.74) is 1.59. The van der Waals surface area contributed by atoms with Crippen molar-refractivity contribution in [3.05, 3.63) is 29.8 Å². The summed E-state index contributed by atoms with van der Waals surface area (Å²) < 4.78 is 0. The van der Waals surface area contributed by atoms with Crippen molar-refractivity contribution in [1.29, 1.82) is 0 Å². The smallest absolute Gasteiger partial charge is 0.315 e. The van der Waals surface area contributed by atoms with Gasteiger partial charge in [0.2, 0.25) is 11.8 Å². The number of carbonyl (C=O) groups is 3. The number of likely N-dealkylation sites (N-methyl/N-ethyl adjacent to an activating group) is 1. The minimum Gasteiger partial charge on any atom is -0.359 e. The second kappa shape index (κ2) is 11.2. The predicted molar refractivity (Wildman–Crippen MR) is 105 cm³/mol. The summed E-state index contributed by atoms with van der Waals surface area (Å²) in [6, 6.07) is 7.35. The Morgan fingerprint density at radius 2 is 1.70 bits per heavy atom. The monoisotopic (exact) mass is 374 g/mol. The number of carbonyl (C=O) groups excluding carboxylic acids is 3. The van der Waals surface area contributed by atoms with Crippen molar-refractivity contribution in [1.82, 2.24) is 16.0 Å². The molecule has 148 valence electrons. The first kappa shape index (κ1) is 20.7. The summed E-state index contributed by atoms with van der Waals surface area (Å²) >= 11 is 0. The Labute approximate surface area is 160 Å². The molecule has 1 aliphatic rings. The summed E-state index contributed by atoms with van der Waals surface area (Å²) in [6.45, 7) is 0.469. The van der Waals surface area contributed by atoms with Crippen LogP contribution in [-0.4, -0.2) is 37.5 Å². The molecule has 0 saturated heterocycles. The molecule has 27 heavy (non-hydrogen) atoms. The highest BCUT2D eigenvalue weighted by Gasteiger charge is 2.15. The van der Waals surface area contributed by atoms with Crippen LogP contribution in [0, 0.1) is 0 Å². The van der Waals surface area contributed by atoms with E-state index in [-0.39, 0.29) is 23.9 Å². The van der Waals surface area contributed by atoms with Crippen molar-refractivity contribution in [3.8, 4) is 0 Å². The number of nitrogens with one attached hydrogen (secondary N) is 4. The van der Waals surface area contributed by atoms with E-state index in [1.807, 2.05) is 12.1 Å². The number of rotatable bonds is 8. The quantitative estimate of drug-likeness (QED) is 0.526. The number of hydrogen-bond acceptors (Lipinski definition) is 3. The molecule has 4 amide bonds. The van der Waals surface area contributed by atoms with Gasteiger partial charge in [-0.05, 0) is 37.0 Å².